The highest BCUT2D eigenvalue weighted by atomic mass is 32.2. The molecule has 0 aromatic rings. The molecule has 0 radical (unpaired) electrons. The Bertz CT molecular complexity index is 155. The fraction of sp³-hybridized carbons (Fsp3) is 0.667. The number of nitrogens with one attached hydrogen (secondary N) is 1. The lowest BCUT2D eigenvalue weighted by molar-refractivity contribution is 0.483. The van der Waals surface area contributed by atoms with Crippen molar-refractivity contribution in [2.75, 3.05) is 7.05 Å². The maximum atomic E-state index is 10.4. The Balaban J connectivity index is 2.73. The molecule has 1 unspecified atom stereocenters. The Morgan fingerprint density at radius 3 is 2.62 bits per heavy atom. The van der Waals surface area contributed by atoms with E-state index in [1.807, 2.05) is 0 Å². The predicted octanol–water partition coefficient (Wildman–Crippen LogP) is -0.567. The molecule has 1 atom stereocenters. The molecule has 1 N–H and O–H groups in total. The van der Waals surface area contributed by atoms with Crippen molar-refractivity contribution in [3.05, 3.63) is 0 Å². The molecule has 0 fully saturated rings. The molecule has 4 nitrogen and oxygen atoms in total. The average Bonchev–Trinajstić information content (AvgIpc) is 1.85. The summed E-state index contributed by atoms with van der Waals surface area (Å²) in [6, 6.07) is 0. The maximum absolute atomic E-state index is 10.4. The highest BCUT2D eigenvalue weighted by Crippen LogP contribution is 1.94. The summed E-state index contributed by atoms with van der Waals surface area (Å²) in [4.78, 5) is 2.57. The topological polar surface area (TPSA) is 44.7 Å². The van der Waals surface area contributed by atoms with Gasteiger partial charge in [0.2, 0.25) is 11.2 Å². The monoisotopic (exact) mass is 133 g/mol. The van der Waals surface area contributed by atoms with Gasteiger partial charge in [-0.15, -0.1) is 4.83 Å². The van der Waals surface area contributed by atoms with E-state index >= 15 is 0 Å². The normalized spacial score (nSPS) is 28.5. The van der Waals surface area contributed by atoms with Crippen LogP contribution in [0.1, 0.15) is 6.92 Å². The van der Waals surface area contributed by atoms with Gasteiger partial charge in [-0.2, -0.15) is 4.40 Å². The van der Waals surface area contributed by atoms with E-state index in [9.17, 15) is 4.21 Å². The summed E-state index contributed by atoms with van der Waals surface area (Å²) in [7, 11) is 1.77. The molecule has 0 saturated heterocycles. The van der Waals surface area contributed by atoms with Crippen LogP contribution in [0, 0.1) is 0 Å². The van der Waals surface area contributed by atoms with E-state index in [2.05, 4.69) is 9.23 Å². The first-order valence-corrected chi connectivity index (χ1v) is 3.28. The molecule has 1 aliphatic heterocycles. The lowest BCUT2D eigenvalue weighted by Crippen LogP contribution is -2.31. The molecule has 0 amide bonds. The highest BCUT2D eigenvalue weighted by molar-refractivity contribution is 7.82. The maximum Gasteiger partial charge on any atom is 0.236 e. The Morgan fingerprint density at radius 1 is 1.88 bits per heavy atom. The molecule has 1 aliphatic rings. The van der Waals surface area contributed by atoms with Crippen molar-refractivity contribution in [3.63, 3.8) is 0 Å². The molecule has 8 heavy (non-hydrogen) atoms. The third kappa shape index (κ3) is 0.873. The molecular formula is C3H7N3OS. The fourth-order valence-corrected chi connectivity index (χ4v) is 1.15. The van der Waals surface area contributed by atoms with Crippen LogP contribution in [0.4, 0.5) is 0 Å². The predicted molar refractivity (Wildman–Crippen MR) is 32.2 cm³/mol. The summed E-state index contributed by atoms with van der Waals surface area (Å²) < 4.78 is 14.1. The molecule has 5 heteroatoms. The number of rotatable bonds is 0. The zero-order valence-electron chi connectivity index (χ0n) is 4.71. The molecule has 0 spiro atoms. The van der Waals surface area contributed by atoms with Crippen molar-refractivity contribution in [1.82, 2.24) is 9.84 Å². The molecule has 1 heterocycles. The molecule has 0 aliphatic carbocycles. The smallest absolute Gasteiger partial charge is 0.236 e. The zero-order chi connectivity index (χ0) is 6.15. The average molecular weight is 133 g/mol. The van der Waals surface area contributed by atoms with E-state index in [0.717, 1.165) is 5.84 Å². The van der Waals surface area contributed by atoms with Crippen molar-refractivity contribution >= 4 is 17.0 Å². The van der Waals surface area contributed by atoms with Gasteiger partial charge >= 0.3 is 0 Å². The molecule has 0 aromatic carbocycles. The Hall–Kier alpha value is -0.420. The first-order valence-electron chi connectivity index (χ1n) is 2.17. The molecular weight excluding hydrogens is 126 g/mol. The van der Waals surface area contributed by atoms with Gasteiger partial charge in [0.15, 0.2) is 0 Å². The quantitative estimate of drug-likeness (QED) is 0.481. The van der Waals surface area contributed by atoms with Gasteiger partial charge in [-0.3, -0.25) is 5.01 Å². The van der Waals surface area contributed by atoms with E-state index in [-0.39, 0.29) is 0 Å². The van der Waals surface area contributed by atoms with Gasteiger partial charge in [-0.05, 0) is 6.92 Å². The second-order valence-corrected chi connectivity index (χ2v) is 2.40. The minimum absolute atomic E-state index is 0.753. The number of hydrogen-bond donors (Lipinski definition) is 1. The van der Waals surface area contributed by atoms with Crippen LogP contribution < -0.4 is 4.83 Å². The van der Waals surface area contributed by atoms with Crippen molar-refractivity contribution in [2.45, 2.75) is 6.92 Å². The SMILES string of the molecule is CC1=NS(=O)NN1C. The summed E-state index contributed by atoms with van der Waals surface area (Å²) in [6.07, 6.45) is 0. The van der Waals surface area contributed by atoms with Crippen molar-refractivity contribution < 1.29 is 4.21 Å². The lowest BCUT2D eigenvalue weighted by Gasteiger charge is -2.06. The Labute approximate surface area is 50.3 Å². The van der Waals surface area contributed by atoms with Gasteiger partial charge in [-0.1, -0.05) is 0 Å². The van der Waals surface area contributed by atoms with Gasteiger partial charge in [0, 0.05) is 7.05 Å². The second-order valence-electron chi connectivity index (χ2n) is 1.54. The Kier molecular flexibility index (Phi) is 1.31. The third-order valence-corrected chi connectivity index (χ3v) is 1.78. The minimum atomic E-state index is -1.22. The van der Waals surface area contributed by atoms with E-state index in [1.54, 1.807) is 19.0 Å². The summed E-state index contributed by atoms with van der Waals surface area (Å²) in [5, 5.41) is 1.62. The van der Waals surface area contributed by atoms with E-state index < -0.39 is 11.2 Å². The summed E-state index contributed by atoms with van der Waals surface area (Å²) >= 11 is -1.22. The molecule has 0 aromatic heterocycles. The van der Waals surface area contributed by atoms with Gasteiger partial charge in [0.05, 0.1) is 0 Å². The van der Waals surface area contributed by atoms with Crippen molar-refractivity contribution in [2.24, 2.45) is 4.40 Å². The zero-order valence-corrected chi connectivity index (χ0v) is 5.53. The Morgan fingerprint density at radius 2 is 2.50 bits per heavy atom. The van der Waals surface area contributed by atoms with Gasteiger partial charge in [0.1, 0.15) is 5.84 Å². The van der Waals surface area contributed by atoms with Crippen LogP contribution in [0.15, 0.2) is 4.40 Å². The lowest BCUT2D eigenvalue weighted by atomic mass is 10.7. The largest absolute Gasteiger partial charge is 0.285 e. The molecule has 0 saturated carbocycles. The summed E-state index contributed by atoms with van der Waals surface area (Å²) in [6.45, 7) is 1.79. The standard InChI is InChI=1S/C3H7N3OS/c1-3-4-8(7)5-6(3)2/h5H,1-2H3. The van der Waals surface area contributed by atoms with Crippen LogP contribution in [0.3, 0.4) is 0 Å². The van der Waals surface area contributed by atoms with E-state index in [0.29, 0.717) is 0 Å². The minimum Gasteiger partial charge on any atom is -0.285 e. The van der Waals surface area contributed by atoms with Crippen molar-refractivity contribution in [3.8, 4) is 0 Å². The van der Waals surface area contributed by atoms with E-state index in [1.165, 1.54) is 0 Å². The highest BCUT2D eigenvalue weighted by Gasteiger charge is 2.11. The number of nitrogens with zero attached hydrogens (tertiary/aromatic N) is 2. The summed E-state index contributed by atoms with van der Waals surface area (Å²) in [5.74, 6) is 0.753. The van der Waals surface area contributed by atoms with Gasteiger partial charge in [-0.25, -0.2) is 4.21 Å². The van der Waals surface area contributed by atoms with Crippen LogP contribution in [0.5, 0.6) is 0 Å². The number of amidine groups is 1. The van der Waals surface area contributed by atoms with Crippen LogP contribution in [0.25, 0.3) is 0 Å². The van der Waals surface area contributed by atoms with Crippen LogP contribution in [-0.4, -0.2) is 22.1 Å². The van der Waals surface area contributed by atoms with E-state index in [4.69, 9.17) is 0 Å². The first-order chi connectivity index (χ1) is 3.70. The molecule has 1 rings (SSSR count). The van der Waals surface area contributed by atoms with Crippen molar-refractivity contribution in [1.29, 1.82) is 0 Å². The van der Waals surface area contributed by atoms with Gasteiger partial charge in [0.25, 0.3) is 0 Å². The molecule has 46 valence electrons. The van der Waals surface area contributed by atoms with Crippen LogP contribution in [-0.2, 0) is 11.2 Å². The summed E-state index contributed by atoms with van der Waals surface area (Å²) in [5.41, 5.74) is 0. The number of hydrazine groups is 1. The third-order valence-electron chi connectivity index (χ3n) is 0.915. The molecule has 0 bridgehead atoms. The van der Waals surface area contributed by atoms with Crippen LogP contribution >= 0.6 is 0 Å². The van der Waals surface area contributed by atoms with Gasteiger partial charge < -0.3 is 0 Å². The van der Waals surface area contributed by atoms with Crippen LogP contribution in [0.2, 0.25) is 0 Å². The fourth-order valence-electron chi connectivity index (χ4n) is 0.385. The number of hydrogen-bond acceptors (Lipinski definition) is 2. The second kappa shape index (κ2) is 1.83. The first kappa shape index (κ1) is 5.71.